The van der Waals surface area contributed by atoms with Gasteiger partial charge in [-0.2, -0.15) is 0 Å². The van der Waals surface area contributed by atoms with Crippen molar-refractivity contribution in [1.82, 2.24) is 15.5 Å². The van der Waals surface area contributed by atoms with E-state index >= 15 is 0 Å². The topological polar surface area (TPSA) is 48.9 Å². The van der Waals surface area contributed by atoms with Crippen molar-refractivity contribution in [3.8, 4) is 0 Å². The predicted octanol–water partition coefficient (Wildman–Crippen LogP) is 1.84. The van der Waals surface area contributed by atoms with E-state index in [-0.39, 0.29) is 0 Å². The molecule has 0 amide bonds. The van der Waals surface area contributed by atoms with Crippen LogP contribution in [-0.4, -0.2) is 63.8 Å². The Kier molecular flexibility index (Phi) is 6.96. The van der Waals surface area contributed by atoms with E-state index < -0.39 is 0 Å². The molecule has 0 aromatic rings. The van der Waals surface area contributed by atoms with Gasteiger partial charge in [0.05, 0.1) is 0 Å². The molecule has 0 radical (unpaired) electrons. The summed E-state index contributed by atoms with van der Waals surface area (Å²) in [6.07, 6.45) is 7.88. The molecule has 0 unspecified atom stereocenters. The lowest BCUT2D eigenvalue weighted by molar-refractivity contribution is 0.0732. The minimum atomic E-state index is 0.428. The molecule has 2 aliphatic carbocycles. The average Bonchev–Trinajstić information content (AvgIpc) is 3.32. The zero-order valence-electron chi connectivity index (χ0n) is 14.7. The molecular weight excluding hydrogens is 276 g/mol. The van der Waals surface area contributed by atoms with Crippen molar-refractivity contribution in [2.45, 2.75) is 51.5 Å². The van der Waals surface area contributed by atoms with Gasteiger partial charge in [-0.25, -0.2) is 0 Å². The molecule has 0 atom stereocenters. The summed E-state index contributed by atoms with van der Waals surface area (Å²) in [5, 5.41) is 6.98. The Hall–Kier alpha value is -0.810. The summed E-state index contributed by atoms with van der Waals surface area (Å²) < 4.78 is 5.26. The molecule has 128 valence electrons. The smallest absolute Gasteiger partial charge is 0.191 e. The SMILES string of the molecule is CCN(CCNC(=NC)NCC1(CCOC)CCC1)C1CC1. The van der Waals surface area contributed by atoms with Gasteiger partial charge in [0.1, 0.15) is 0 Å². The fourth-order valence-electron chi connectivity index (χ4n) is 3.36. The predicted molar refractivity (Wildman–Crippen MR) is 92.4 cm³/mol. The molecule has 0 aromatic carbocycles. The molecule has 2 fully saturated rings. The van der Waals surface area contributed by atoms with E-state index in [0.29, 0.717) is 5.41 Å². The first-order valence-corrected chi connectivity index (χ1v) is 8.90. The Labute approximate surface area is 135 Å². The van der Waals surface area contributed by atoms with Crippen molar-refractivity contribution in [2.75, 3.05) is 46.9 Å². The number of ether oxygens (including phenoxy) is 1. The third kappa shape index (κ3) is 5.13. The van der Waals surface area contributed by atoms with Crippen LogP contribution in [0.15, 0.2) is 4.99 Å². The molecule has 5 nitrogen and oxygen atoms in total. The molecule has 0 bridgehead atoms. The number of likely N-dealkylation sites (N-methyl/N-ethyl adjacent to an activating group) is 1. The summed E-state index contributed by atoms with van der Waals surface area (Å²) in [5.41, 5.74) is 0.428. The number of guanidine groups is 1. The second kappa shape index (κ2) is 8.73. The monoisotopic (exact) mass is 310 g/mol. The van der Waals surface area contributed by atoms with Crippen molar-refractivity contribution in [3.05, 3.63) is 0 Å². The van der Waals surface area contributed by atoms with Crippen molar-refractivity contribution in [3.63, 3.8) is 0 Å². The van der Waals surface area contributed by atoms with Crippen molar-refractivity contribution < 1.29 is 4.74 Å². The molecule has 5 heteroatoms. The van der Waals surface area contributed by atoms with E-state index in [2.05, 4.69) is 27.4 Å². The number of nitrogens with one attached hydrogen (secondary N) is 2. The summed E-state index contributed by atoms with van der Waals surface area (Å²) in [5.74, 6) is 0.940. The summed E-state index contributed by atoms with van der Waals surface area (Å²) in [6.45, 7) is 7.35. The Morgan fingerprint density at radius 2 is 2.09 bits per heavy atom. The molecule has 0 aromatic heterocycles. The number of hydrogen-bond acceptors (Lipinski definition) is 3. The zero-order chi connectivity index (χ0) is 15.8. The highest BCUT2D eigenvalue weighted by Crippen LogP contribution is 2.43. The lowest BCUT2D eigenvalue weighted by Crippen LogP contribution is -2.48. The van der Waals surface area contributed by atoms with Gasteiger partial charge in [-0.15, -0.1) is 0 Å². The Balaban J connectivity index is 1.66. The van der Waals surface area contributed by atoms with Gasteiger partial charge in [-0.05, 0) is 44.1 Å². The Morgan fingerprint density at radius 1 is 1.32 bits per heavy atom. The van der Waals surface area contributed by atoms with Gasteiger partial charge in [-0.3, -0.25) is 9.89 Å². The van der Waals surface area contributed by atoms with E-state index in [1.54, 1.807) is 7.11 Å². The van der Waals surface area contributed by atoms with Crippen molar-refractivity contribution >= 4 is 5.96 Å². The second-order valence-corrected chi connectivity index (χ2v) is 6.81. The Bertz CT molecular complexity index is 351. The zero-order valence-corrected chi connectivity index (χ0v) is 14.7. The van der Waals surface area contributed by atoms with E-state index in [1.165, 1.54) is 32.1 Å². The number of rotatable bonds is 10. The molecule has 22 heavy (non-hydrogen) atoms. The maximum absolute atomic E-state index is 5.26. The lowest BCUT2D eigenvalue weighted by atomic mass is 9.67. The van der Waals surface area contributed by atoms with Crippen LogP contribution in [0.25, 0.3) is 0 Å². The first-order chi connectivity index (χ1) is 10.7. The summed E-state index contributed by atoms with van der Waals surface area (Å²) in [6, 6.07) is 0.842. The van der Waals surface area contributed by atoms with Gasteiger partial charge in [0.25, 0.3) is 0 Å². The van der Waals surface area contributed by atoms with Gasteiger partial charge in [0, 0.05) is 46.4 Å². The fraction of sp³-hybridized carbons (Fsp3) is 0.941. The normalized spacial score (nSPS) is 20.8. The third-order valence-electron chi connectivity index (χ3n) is 5.27. The van der Waals surface area contributed by atoms with E-state index in [9.17, 15) is 0 Å². The maximum Gasteiger partial charge on any atom is 0.191 e. The minimum Gasteiger partial charge on any atom is -0.385 e. The van der Waals surface area contributed by atoms with Crippen molar-refractivity contribution in [2.24, 2.45) is 10.4 Å². The van der Waals surface area contributed by atoms with Gasteiger partial charge in [0.15, 0.2) is 5.96 Å². The van der Waals surface area contributed by atoms with Crippen LogP contribution in [0, 0.1) is 5.41 Å². The quantitative estimate of drug-likeness (QED) is 0.477. The highest BCUT2D eigenvalue weighted by Gasteiger charge is 2.36. The van der Waals surface area contributed by atoms with Gasteiger partial charge in [0.2, 0.25) is 0 Å². The van der Waals surface area contributed by atoms with Crippen LogP contribution in [0.1, 0.15) is 45.4 Å². The van der Waals surface area contributed by atoms with Crippen LogP contribution in [0.5, 0.6) is 0 Å². The summed E-state index contributed by atoms with van der Waals surface area (Å²) in [7, 11) is 3.65. The third-order valence-corrected chi connectivity index (χ3v) is 5.27. The van der Waals surface area contributed by atoms with E-state index in [4.69, 9.17) is 4.74 Å². The van der Waals surface area contributed by atoms with Gasteiger partial charge >= 0.3 is 0 Å². The number of nitrogens with zero attached hydrogens (tertiary/aromatic N) is 2. The molecular formula is C17H34N4O. The largest absolute Gasteiger partial charge is 0.385 e. The molecule has 0 aliphatic heterocycles. The first kappa shape index (κ1) is 17.5. The minimum absolute atomic E-state index is 0.428. The molecule has 0 spiro atoms. The standard InChI is InChI=1S/C17H34N4O/c1-4-21(15-6-7-15)12-11-19-16(18-2)20-14-17(8-5-9-17)10-13-22-3/h15H,4-14H2,1-3H3,(H2,18,19,20). The second-order valence-electron chi connectivity index (χ2n) is 6.81. The van der Waals surface area contributed by atoms with Gasteiger partial charge < -0.3 is 15.4 Å². The number of hydrogen-bond donors (Lipinski definition) is 2. The van der Waals surface area contributed by atoms with E-state index in [1.807, 2.05) is 7.05 Å². The number of methoxy groups -OCH3 is 1. The van der Waals surface area contributed by atoms with Crippen LogP contribution in [0.3, 0.4) is 0 Å². The van der Waals surface area contributed by atoms with Gasteiger partial charge in [-0.1, -0.05) is 13.3 Å². The molecule has 2 saturated carbocycles. The van der Waals surface area contributed by atoms with Crippen molar-refractivity contribution in [1.29, 1.82) is 0 Å². The highest BCUT2D eigenvalue weighted by molar-refractivity contribution is 5.79. The Morgan fingerprint density at radius 3 is 2.59 bits per heavy atom. The van der Waals surface area contributed by atoms with E-state index in [0.717, 1.165) is 51.2 Å². The summed E-state index contributed by atoms with van der Waals surface area (Å²) >= 11 is 0. The van der Waals surface area contributed by atoms with Crippen LogP contribution in [0.2, 0.25) is 0 Å². The molecule has 2 N–H and O–H groups in total. The molecule has 2 aliphatic rings. The number of aliphatic imine (C=N–C) groups is 1. The lowest BCUT2D eigenvalue weighted by Gasteiger charge is -2.42. The molecule has 0 saturated heterocycles. The fourth-order valence-corrected chi connectivity index (χ4v) is 3.36. The maximum atomic E-state index is 5.26. The van der Waals surface area contributed by atoms with Crippen LogP contribution < -0.4 is 10.6 Å². The van der Waals surface area contributed by atoms with Crippen LogP contribution in [0.4, 0.5) is 0 Å². The average molecular weight is 310 g/mol. The summed E-state index contributed by atoms with van der Waals surface area (Å²) in [4.78, 5) is 6.92. The molecule has 2 rings (SSSR count). The molecule has 0 heterocycles. The van der Waals surface area contributed by atoms with Crippen LogP contribution in [-0.2, 0) is 4.74 Å². The van der Waals surface area contributed by atoms with Crippen LogP contribution >= 0.6 is 0 Å². The first-order valence-electron chi connectivity index (χ1n) is 8.90. The highest BCUT2D eigenvalue weighted by atomic mass is 16.5.